The molecule has 0 spiro atoms. The van der Waals surface area contributed by atoms with Crippen LogP contribution in [0.1, 0.15) is 0 Å². The first-order chi connectivity index (χ1) is 9.54. The molecule has 0 fully saturated rings. The SMILES string of the molecule is CS(=O)(=O)CCNCCSc1ccc2ccccc2c1. The molecule has 0 aliphatic carbocycles. The predicted molar refractivity (Wildman–Crippen MR) is 87.3 cm³/mol. The van der Waals surface area contributed by atoms with Gasteiger partial charge in [0.25, 0.3) is 0 Å². The zero-order chi connectivity index (χ0) is 14.4. The number of sulfone groups is 1. The minimum Gasteiger partial charge on any atom is -0.315 e. The quantitative estimate of drug-likeness (QED) is 0.631. The Morgan fingerprint density at radius 2 is 1.80 bits per heavy atom. The maximum absolute atomic E-state index is 11.0. The molecule has 0 saturated carbocycles. The maximum Gasteiger partial charge on any atom is 0.148 e. The predicted octanol–water partition coefficient (Wildman–Crippen LogP) is 2.57. The van der Waals surface area contributed by atoms with Crippen LogP contribution in [0.2, 0.25) is 0 Å². The van der Waals surface area contributed by atoms with Gasteiger partial charge in [0.2, 0.25) is 0 Å². The number of thioether (sulfide) groups is 1. The van der Waals surface area contributed by atoms with Crippen LogP contribution in [0.5, 0.6) is 0 Å². The lowest BCUT2D eigenvalue weighted by atomic mass is 10.1. The van der Waals surface area contributed by atoms with E-state index in [1.54, 1.807) is 11.8 Å². The largest absolute Gasteiger partial charge is 0.315 e. The van der Waals surface area contributed by atoms with E-state index in [2.05, 4.69) is 35.6 Å². The summed E-state index contributed by atoms with van der Waals surface area (Å²) in [6.45, 7) is 1.34. The van der Waals surface area contributed by atoms with Gasteiger partial charge < -0.3 is 5.32 Å². The second kappa shape index (κ2) is 7.11. The van der Waals surface area contributed by atoms with Gasteiger partial charge in [-0.25, -0.2) is 8.42 Å². The Kier molecular flexibility index (Phi) is 5.46. The standard InChI is InChI=1S/C15H19NO2S2/c1-20(17,18)11-9-16-8-10-19-15-7-6-13-4-2-3-5-14(13)12-15/h2-7,12,16H,8-11H2,1H3. The second-order valence-electron chi connectivity index (χ2n) is 4.74. The molecule has 0 radical (unpaired) electrons. The van der Waals surface area contributed by atoms with Gasteiger partial charge in [-0.3, -0.25) is 0 Å². The van der Waals surface area contributed by atoms with Crippen LogP contribution < -0.4 is 5.32 Å². The molecule has 3 nitrogen and oxygen atoms in total. The fourth-order valence-corrected chi connectivity index (χ4v) is 3.25. The van der Waals surface area contributed by atoms with Crippen molar-refractivity contribution >= 4 is 32.4 Å². The summed E-state index contributed by atoms with van der Waals surface area (Å²) in [5.41, 5.74) is 0. The molecular formula is C15H19NO2S2. The molecule has 2 aromatic carbocycles. The summed E-state index contributed by atoms with van der Waals surface area (Å²) in [4.78, 5) is 1.24. The van der Waals surface area contributed by atoms with Crippen molar-refractivity contribution in [2.75, 3.05) is 30.9 Å². The molecule has 1 N–H and O–H groups in total. The van der Waals surface area contributed by atoms with Crippen LogP contribution in [0.25, 0.3) is 10.8 Å². The van der Waals surface area contributed by atoms with Crippen LogP contribution >= 0.6 is 11.8 Å². The summed E-state index contributed by atoms with van der Waals surface area (Å²) in [5, 5.41) is 5.65. The van der Waals surface area contributed by atoms with E-state index >= 15 is 0 Å². The molecule has 0 unspecified atom stereocenters. The Balaban J connectivity index is 1.76. The first-order valence-electron chi connectivity index (χ1n) is 6.55. The van der Waals surface area contributed by atoms with Crippen molar-refractivity contribution < 1.29 is 8.42 Å². The van der Waals surface area contributed by atoms with E-state index in [0.717, 1.165) is 12.3 Å². The van der Waals surface area contributed by atoms with E-state index in [4.69, 9.17) is 0 Å². The number of benzene rings is 2. The lowest BCUT2D eigenvalue weighted by Gasteiger charge is -2.05. The highest BCUT2D eigenvalue weighted by atomic mass is 32.2. The van der Waals surface area contributed by atoms with E-state index in [1.807, 2.05) is 12.1 Å². The van der Waals surface area contributed by atoms with Gasteiger partial charge in [0.1, 0.15) is 9.84 Å². The van der Waals surface area contributed by atoms with Crippen molar-refractivity contribution in [1.82, 2.24) is 5.32 Å². The minimum atomic E-state index is -2.86. The topological polar surface area (TPSA) is 46.2 Å². The second-order valence-corrected chi connectivity index (χ2v) is 8.17. The van der Waals surface area contributed by atoms with Gasteiger partial charge in [0.05, 0.1) is 5.75 Å². The smallest absolute Gasteiger partial charge is 0.148 e. The van der Waals surface area contributed by atoms with E-state index < -0.39 is 9.84 Å². The molecule has 0 heterocycles. The van der Waals surface area contributed by atoms with Gasteiger partial charge in [-0.15, -0.1) is 11.8 Å². The van der Waals surface area contributed by atoms with Crippen molar-refractivity contribution in [3.8, 4) is 0 Å². The Hall–Kier alpha value is -1.04. The molecule has 0 saturated heterocycles. The number of hydrogen-bond donors (Lipinski definition) is 1. The van der Waals surface area contributed by atoms with Crippen molar-refractivity contribution in [2.45, 2.75) is 4.90 Å². The van der Waals surface area contributed by atoms with Gasteiger partial charge in [-0.2, -0.15) is 0 Å². The van der Waals surface area contributed by atoms with E-state index in [0.29, 0.717) is 6.54 Å². The van der Waals surface area contributed by atoms with Crippen LogP contribution in [-0.4, -0.2) is 39.3 Å². The van der Waals surface area contributed by atoms with Crippen LogP contribution in [-0.2, 0) is 9.84 Å². The molecule has 2 rings (SSSR count). The van der Waals surface area contributed by atoms with Crippen molar-refractivity contribution in [3.05, 3.63) is 42.5 Å². The molecule has 0 amide bonds. The molecule has 0 aliphatic rings. The Labute approximate surface area is 124 Å². The number of hydrogen-bond acceptors (Lipinski definition) is 4. The highest BCUT2D eigenvalue weighted by molar-refractivity contribution is 7.99. The fourth-order valence-electron chi connectivity index (χ4n) is 1.88. The number of fused-ring (bicyclic) bond motifs is 1. The highest BCUT2D eigenvalue weighted by Gasteiger charge is 2.01. The van der Waals surface area contributed by atoms with Crippen LogP contribution in [0.15, 0.2) is 47.4 Å². The third kappa shape index (κ3) is 5.15. The zero-order valence-corrected chi connectivity index (χ0v) is 13.1. The fraction of sp³-hybridized carbons (Fsp3) is 0.333. The van der Waals surface area contributed by atoms with Crippen molar-refractivity contribution in [3.63, 3.8) is 0 Å². The summed E-state index contributed by atoms with van der Waals surface area (Å²) in [6, 6.07) is 14.8. The Morgan fingerprint density at radius 1 is 1.05 bits per heavy atom. The minimum absolute atomic E-state index is 0.202. The van der Waals surface area contributed by atoms with Crippen LogP contribution in [0.3, 0.4) is 0 Å². The molecule has 0 bridgehead atoms. The van der Waals surface area contributed by atoms with Gasteiger partial charge in [0, 0.05) is 30.0 Å². The Morgan fingerprint density at radius 3 is 2.55 bits per heavy atom. The van der Waals surface area contributed by atoms with Gasteiger partial charge in [-0.05, 0) is 22.9 Å². The van der Waals surface area contributed by atoms with Crippen LogP contribution in [0.4, 0.5) is 0 Å². The Bertz CT molecular complexity index is 668. The first-order valence-corrected chi connectivity index (χ1v) is 9.59. The van der Waals surface area contributed by atoms with Gasteiger partial charge in [0.15, 0.2) is 0 Å². The summed E-state index contributed by atoms with van der Waals surface area (Å²) in [5.74, 6) is 1.13. The van der Waals surface area contributed by atoms with E-state index in [1.165, 1.54) is 21.9 Å². The normalized spacial score (nSPS) is 11.8. The zero-order valence-electron chi connectivity index (χ0n) is 11.5. The molecule has 0 aliphatic heterocycles. The third-order valence-electron chi connectivity index (χ3n) is 2.92. The molecule has 0 atom stereocenters. The van der Waals surface area contributed by atoms with Gasteiger partial charge >= 0.3 is 0 Å². The molecule has 20 heavy (non-hydrogen) atoms. The molecule has 2 aromatic rings. The third-order valence-corrected chi connectivity index (χ3v) is 4.86. The summed E-state index contributed by atoms with van der Waals surface area (Å²) >= 11 is 1.78. The van der Waals surface area contributed by atoms with Crippen molar-refractivity contribution in [2.24, 2.45) is 0 Å². The van der Waals surface area contributed by atoms with Crippen molar-refractivity contribution in [1.29, 1.82) is 0 Å². The monoisotopic (exact) mass is 309 g/mol. The van der Waals surface area contributed by atoms with E-state index in [9.17, 15) is 8.42 Å². The summed E-state index contributed by atoms with van der Waals surface area (Å²) in [7, 11) is -2.86. The molecule has 0 aromatic heterocycles. The first kappa shape index (κ1) is 15.4. The van der Waals surface area contributed by atoms with E-state index in [-0.39, 0.29) is 5.75 Å². The molecular weight excluding hydrogens is 290 g/mol. The average molecular weight is 309 g/mol. The lowest BCUT2D eigenvalue weighted by Crippen LogP contribution is -2.24. The van der Waals surface area contributed by atoms with Crippen LogP contribution in [0, 0.1) is 0 Å². The van der Waals surface area contributed by atoms with Gasteiger partial charge in [-0.1, -0.05) is 30.3 Å². The maximum atomic E-state index is 11.0. The average Bonchev–Trinajstić information content (AvgIpc) is 2.41. The lowest BCUT2D eigenvalue weighted by molar-refractivity contribution is 0.598. The summed E-state index contributed by atoms with van der Waals surface area (Å²) in [6.07, 6.45) is 1.26. The number of rotatable bonds is 7. The number of nitrogens with one attached hydrogen (secondary N) is 1. The summed E-state index contributed by atoms with van der Waals surface area (Å²) < 4.78 is 21.9. The highest BCUT2D eigenvalue weighted by Crippen LogP contribution is 2.23. The molecule has 108 valence electrons. The molecule has 5 heteroatoms.